The van der Waals surface area contributed by atoms with Gasteiger partial charge in [-0.25, -0.2) is 4.98 Å². The second kappa shape index (κ2) is 9.31. The summed E-state index contributed by atoms with van der Waals surface area (Å²) >= 11 is 6.05. The number of hydrogen-bond acceptors (Lipinski definition) is 5. The molecule has 1 aliphatic heterocycles. The van der Waals surface area contributed by atoms with E-state index in [2.05, 4.69) is 52.4 Å². The highest BCUT2D eigenvalue weighted by Gasteiger charge is 2.24. The van der Waals surface area contributed by atoms with Crippen LogP contribution in [0.1, 0.15) is 35.6 Å². The first-order chi connectivity index (χ1) is 15.7. The molecule has 162 valence electrons. The second-order valence-corrected chi connectivity index (χ2v) is 8.98. The molecule has 0 spiro atoms. The topological polar surface area (TPSA) is 58.4 Å². The zero-order valence-corrected chi connectivity index (χ0v) is 19.0. The van der Waals surface area contributed by atoms with Crippen LogP contribution >= 0.6 is 11.6 Å². The van der Waals surface area contributed by atoms with Crippen LogP contribution in [-0.2, 0) is 13.1 Å². The minimum absolute atomic E-state index is 0.397. The normalized spacial score (nSPS) is 17.0. The number of piperidine rings is 1. The molecule has 5 rings (SSSR count). The third kappa shape index (κ3) is 4.64. The van der Waals surface area contributed by atoms with Crippen molar-refractivity contribution < 1.29 is 0 Å². The van der Waals surface area contributed by atoms with Crippen LogP contribution < -0.4 is 10.8 Å². The summed E-state index contributed by atoms with van der Waals surface area (Å²) in [7, 11) is 2.07. The van der Waals surface area contributed by atoms with Crippen molar-refractivity contribution in [1.82, 2.24) is 24.5 Å². The minimum atomic E-state index is 0.397. The summed E-state index contributed by atoms with van der Waals surface area (Å²) in [5.41, 5.74) is 5.57. The predicted molar refractivity (Wildman–Crippen MR) is 131 cm³/mol. The molecule has 1 unspecified atom stereocenters. The van der Waals surface area contributed by atoms with Crippen LogP contribution in [0.5, 0.6) is 0 Å². The molecule has 1 aromatic carbocycles. The van der Waals surface area contributed by atoms with E-state index in [1.807, 2.05) is 35.1 Å². The van der Waals surface area contributed by atoms with Gasteiger partial charge in [0.15, 0.2) is 5.65 Å². The van der Waals surface area contributed by atoms with Gasteiger partial charge in [-0.2, -0.15) is 9.61 Å². The summed E-state index contributed by atoms with van der Waals surface area (Å²) in [6.07, 6.45) is 7.88. The van der Waals surface area contributed by atoms with Crippen LogP contribution in [-0.4, -0.2) is 45.4 Å². The van der Waals surface area contributed by atoms with Gasteiger partial charge in [0.2, 0.25) is 0 Å². The number of pyridine rings is 1. The first-order valence-corrected chi connectivity index (χ1v) is 11.5. The van der Waals surface area contributed by atoms with Gasteiger partial charge in [0.25, 0.3) is 0 Å². The first-order valence-electron chi connectivity index (χ1n) is 11.1. The lowest BCUT2D eigenvalue weighted by molar-refractivity contribution is 0.198. The molecule has 0 aliphatic carbocycles. The smallest absolute Gasteiger partial charge is 0.151 e. The van der Waals surface area contributed by atoms with Crippen LogP contribution in [0.3, 0.4) is 0 Å². The molecule has 1 fully saturated rings. The molecule has 8 heteroatoms. The lowest BCUT2D eigenvalue weighted by Gasteiger charge is -2.32. The Morgan fingerprint density at radius 3 is 2.81 bits per heavy atom. The van der Waals surface area contributed by atoms with Gasteiger partial charge in [0.05, 0.1) is 5.69 Å². The third-order valence-electron chi connectivity index (χ3n) is 6.11. The largest absolute Gasteiger partial charge is 0.366 e. The van der Waals surface area contributed by atoms with Gasteiger partial charge in [-0.15, -0.1) is 0 Å². The van der Waals surface area contributed by atoms with Crippen LogP contribution in [0.25, 0.3) is 5.65 Å². The maximum atomic E-state index is 6.05. The van der Waals surface area contributed by atoms with Gasteiger partial charge in [-0.1, -0.05) is 29.8 Å². The van der Waals surface area contributed by atoms with Crippen molar-refractivity contribution in [2.75, 3.05) is 18.4 Å². The SMILES string of the molecule is Bc1cnn2c(NCc3cccnc3)cc(C3CCCN(Cc4ccc(Cl)cc4)C3)nc12. The lowest BCUT2D eigenvalue weighted by atomic mass is 9.93. The quantitative estimate of drug-likeness (QED) is 0.463. The van der Waals surface area contributed by atoms with E-state index in [4.69, 9.17) is 16.6 Å². The Kier molecular flexibility index (Phi) is 6.10. The van der Waals surface area contributed by atoms with Crippen molar-refractivity contribution in [1.29, 1.82) is 0 Å². The standard InChI is InChI=1S/C24H26BClN6/c25-21-14-29-32-23(28-13-18-3-1-9-27-12-18)11-22(30-24(21)32)19-4-2-10-31(16-19)15-17-5-7-20(26)8-6-17/h1,3,5-9,11-12,14,19,28H,2,4,10,13,15-16,25H2. The van der Waals surface area contributed by atoms with Gasteiger partial charge < -0.3 is 5.32 Å². The molecular weight excluding hydrogens is 419 g/mol. The molecule has 0 radical (unpaired) electrons. The fraction of sp³-hybridized carbons (Fsp3) is 0.292. The number of anilines is 1. The van der Waals surface area contributed by atoms with E-state index < -0.39 is 0 Å². The van der Waals surface area contributed by atoms with Crippen LogP contribution in [0, 0.1) is 0 Å². The summed E-state index contributed by atoms with van der Waals surface area (Å²) in [6, 6.07) is 14.4. The Bertz CT molecular complexity index is 1190. The predicted octanol–water partition coefficient (Wildman–Crippen LogP) is 3.03. The second-order valence-electron chi connectivity index (χ2n) is 8.54. The van der Waals surface area contributed by atoms with Crippen LogP contribution in [0.15, 0.2) is 61.1 Å². The van der Waals surface area contributed by atoms with E-state index in [9.17, 15) is 0 Å². The molecule has 6 nitrogen and oxygen atoms in total. The fourth-order valence-corrected chi connectivity index (χ4v) is 4.54. The summed E-state index contributed by atoms with van der Waals surface area (Å²) in [6.45, 7) is 3.74. The number of benzene rings is 1. The van der Waals surface area contributed by atoms with E-state index in [0.717, 1.165) is 59.3 Å². The zero-order chi connectivity index (χ0) is 21.9. The number of nitrogens with zero attached hydrogens (tertiary/aromatic N) is 5. The first kappa shape index (κ1) is 21.0. The Morgan fingerprint density at radius 2 is 2.00 bits per heavy atom. The van der Waals surface area contributed by atoms with Crippen LogP contribution in [0.2, 0.25) is 5.02 Å². The van der Waals surface area contributed by atoms with E-state index >= 15 is 0 Å². The summed E-state index contributed by atoms with van der Waals surface area (Å²) in [4.78, 5) is 11.8. The van der Waals surface area contributed by atoms with Gasteiger partial charge >= 0.3 is 0 Å². The van der Waals surface area contributed by atoms with E-state index in [0.29, 0.717) is 12.5 Å². The summed E-state index contributed by atoms with van der Waals surface area (Å²) in [5, 5.41) is 8.88. The Balaban J connectivity index is 1.37. The van der Waals surface area contributed by atoms with Gasteiger partial charge in [0, 0.05) is 55.2 Å². The number of aromatic nitrogens is 4. The molecule has 32 heavy (non-hydrogen) atoms. The van der Waals surface area contributed by atoms with Gasteiger partial charge in [-0.3, -0.25) is 9.88 Å². The van der Waals surface area contributed by atoms with E-state index in [1.165, 1.54) is 12.0 Å². The molecule has 1 atom stereocenters. The van der Waals surface area contributed by atoms with Crippen molar-refractivity contribution in [3.05, 3.63) is 82.9 Å². The molecule has 3 aromatic heterocycles. The molecule has 0 saturated carbocycles. The van der Waals surface area contributed by atoms with Crippen molar-refractivity contribution in [2.24, 2.45) is 0 Å². The van der Waals surface area contributed by atoms with Crippen LogP contribution in [0.4, 0.5) is 5.82 Å². The van der Waals surface area contributed by atoms with Crippen molar-refractivity contribution in [2.45, 2.75) is 31.8 Å². The molecule has 4 heterocycles. The fourth-order valence-electron chi connectivity index (χ4n) is 4.41. The molecule has 1 aliphatic rings. The number of hydrogen-bond donors (Lipinski definition) is 1. The maximum absolute atomic E-state index is 6.05. The van der Waals surface area contributed by atoms with E-state index in [1.54, 1.807) is 6.20 Å². The number of halogens is 1. The number of likely N-dealkylation sites (tertiary alicyclic amines) is 1. The molecule has 1 saturated heterocycles. The number of rotatable bonds is 6. The number of nitrogens with one attached hydrogen (secondary N) is 1. The molecule has 0 amide bonds. The average Bonchev–Trinajstić information content (AvgIpc) is 3.21. The van der Waals surface area contributed by atoms with Crippen molar-refractivity contribution >= 4 is 36.4 Å². The average molecular weight is 445 g/mol. The van der Waals surface area contributed by atoms with Crippen molar-refractivity contribution in [3.63, 3.8) is 0 Å². The van der Waals surface area contributed by atoms with Gasteiger partial charge in [-0.05, 0) is 54.2 Å². The summed E-state index contributed by atoms with van der Waals surface area (Å²) < 4.78 is 1.91. The highest BCUT2D eigenvalue weighted by molar-refractivity contribution is 6.36. The molecule has 1 N–H and O–H groups in total. The van der Waals surface area contributed by atoms with Crippen molar-refractivity contribution in [3.8, 4) is 0 Å². The van der Waals surface area contributed by atoms with Gasteiger partial charge in [0.1, 0.15) is 13.7 Å². The molecule has 0 bridgehead atoms. The zero-order valence-electron chi connectivity index (χ0n) is 18.2. The number of fused-ring (bicyclic) bond motifs is 1. The molecule has 4 aromatic rings. The highest BCUT2D eigenvalue weighted by atomic mass is 35.5. The highest BCUT2D eigenvalue weighted by Crippen LogP contribution is 2.29. The lowest BCUT2D eigenvalue weighted by Crippen LogP contribution is -2.34. The Hall–Kier alpha value is -2.90. The minimum Gasteiger partial charge on any atom is -0.366 e. The Morgan fingerprint density at radius 1 is 1.12 bits per heavy atom. The Labute approximate surface area is 194 Å². The van der Waals surface area contributed by atoms with E-state index in [-0.39, 0.29) is 0 Å². The monoisotopic (exact) mass is 444 g/mol. The maximum Gasteiger partial charge on any atom is 0.151 e. The summed E-state index contributed by atoms with van der Waals surface area (Å²) in [5.74, 6) is 1.37. The molecular formula is C24H26BClN6. The third-order valence-corrected chi connectivity index (χ3v) is 6.36.